The van der Waals surface area contributed by atoms with E-state index < -0.39 is 0 Å². The van der Waals surface area contributed by atoms with Crippen molar-refractivity contribution in [3.05, 3.63) is 65.7 Å². The summed E-state index contributed by atoms with van der Waals surface area (Å²) < 4.78 is 5.45. The van der Waals surface area contributed by atoms with Crippen molar-refractivity contribution in [2.75, 3.05) is 12.4 Å². The molecule has 0 aliphatic heterocycles. The van der Waals surface area contributed by atoms with Gasteiger partial charge in [-0.05, 0) is 30.2 Å². The van der Waals surface area contributed by atoms with Crippen LogP contribution in [-0.2, 0) is 17.1 Å². The molecule has 2 rings (SSSR count). The minimum absolute atomic E-state index is 0.0581. The van der Waals surface area contributed by atoms with E-state index in [0.717, 1.165) is 17.1 Å². The molecule has 0 aliphatic carbocycles. The number of rotatable bonds is 8. The van der Waals surface area contributed by atoms with Crippen molar-refractivity contribution in [2.45, 2.75) is 19.2 Å². The average molecular weight is 315 g/mol. The Morgan fingerprint density at radius 2 is 1.86 bits per heavy atom. The molecule has 4 heteroatoms. The molecule has 0 saturated carbocycles. The second kappa shape index (κ2) is 9.15. The van der Waals surface area contributed by atoms with Crippen LogP contribution >= 0.6 is 11.8 Å². The van der Waals surface area contributed by atoms with Crippen LogP contribution in [-0.4, -0.2) is 18.3 Å². The van der Waals surface area contributed by atoms with E-state index in [1.807, 2.05) is 49.4 Å². The quantitative estimate of drug-likeness (QED) is 0.808. The van der Waals surface area contributed by atoms with Crippen LogP contribution in [0.15, 0.2) is 54.6 Å². The minimum atomic E-state index is 0.0581. The van der Waals surface area contributed by atoms with Crippen LogP contribution < -0.4 is 10.1 Å². The fourth-order valence-corrected chi connectivity index (χ4v) is 2.82. The molecular weight excluding hydrogens is 294 g/mol. The summed E-state index contributed by atoms with van der Waals surface area (Å²) in [6.45, 7) is 3.13. The van der Waals surface area contributed by atoms with E-state index in [4.69, 9.17) is 4.74 Å². The summed E-state index contributed by atoms with van der Waals surface area (Å²) in [6.07, 6.45) is 0. The maximum absolute atomic E-state index is 11.9. The lowest BCUT2D eigenvalue weighted by Crippen LogP contribution is -2.24. The lowest BCUT2D eigenvalue weighted by Gasteiger charge is -2.08. The van der Waals surface area contributed by atoms with Crippen LogP contribution in [0.2, 0.25) is 0 Å². The Morgan fingerprint density at radius 3 is 2.64 bits per heavy atom. The van der Waals surface area contributed by atoms with Crippen molar-refractivity contribution >= 4 is 17.7 Å². The fourth-order valence-electron chi connectivity index (χ4n) is 2.00. The van der Waals surface area contributed by atoms with Gasteiger partial charge in [0.05, 0.1) is 12.4 Å². The summed E-state index contributed by atoms with van der Waals surface area (Å²) in [5.74, 6) is 2.23. The second-order valence-corrected chi connectivity index (χ2v) is 5.82. The van der Waals surface area contributed by atoms with Crippen LogP contribution in [0, 0.1) is 0 Å². The normalized spacial score (nSPS) is 10.2. The Balaban J connectivity index is 1.70. The summed E-state index contributed by atoms with van der Waals surface area (Å²) in [7, 11) is 0. The number of hydrogen-bond acceptors (Lipinski definition) is 3. The third-order valence-corrected chi connectivity index (χ3v) is 4.05. The van der Waals surface area contributed by atoms with Crippen LogP contribution in [0.25, 0.3) is 0 Å². The van der Waals surface area contributed by atoms with Crippen molar-refractivity contribution in [1.29, 1.82) is 0 Å². The van der Waals surface area contributed by atoms with Crippen molar-refractivity contribution in [3.8, 4) is 5.75 Å². The summed E-state index contributed by atoms with van der Waals surface area (Å²) >= 11 is 1.62. The highest BCUT2D eigenvalue weighted by atomic mass is 32.2. The van der Waals surface area contributed by atoms with Crippen molar-refractivity contribution in [3.63, 3.8) is 0 Å². The van der Waals surface area contributed by atoms with E-state index in [-0.39, 0.29) is 5.91 Å². The molecule has 0 spiro atoms. The first kappa shape index (κ1) is 16.4. The first-order valence-corrected chi connectivity index (χ1v) is 8.53. The Labute approximate surface area is 136 Å². The first-order chi connectivity index (χ1) is 10.8. The van der Waals surface area contributed by atoms with E-state index in [0.29, 0.717) is 18.9 Å². The van der Waals surface area contributed by atoms with Gasteiger partial charge in [0, 0.05) is 12.3 Å². The molecule has 2 aromatic rings. The van der Waals surface area contributed by atoms with Gasteiger partial charge in [-0.1, -0.05) is 42.5 Å². The number of thioether (sulfide) groups is 1. The number of ether oxygens (including phenoxy) is 1. The van der Waals surface area contributed by atoms with Gasteiger partial charge < -0.3 is 10.1 Å². The number of hydrogen-bond donors (Lipinski definition) is 1. The smallest absolute Gasteiger partial charge is 0.230 e. The maximum atomic E-state index is 11.9. The maximum Gasteiger partial charge on any atom is 0.230 e. The predicted molar refractivity (Wildman–Crippen MR) is 92.1 cm³/mol. The Bertz CT molecular complexity index is 587. The number of amides is 1. The van der Waals surface area contributed by atoms with Gasteiger partial charge in [-0.25, -0.2) is 0 Å². The summed E-state index contributed by atoms with van der Waals surface area (Å²) in [6, 6.07) is 18.0. The van der Waals surface area contributed by atoms with E-state index in [1.165, 1.54) is 5.56 Å². The van der Waals surface area contributed by atoms with Gasteiger partial charge in [0.1, 0.15) is 5.75 Å². The van der Waals surface area contributed by atoms with Crippen LogP contribution in [0.5, 0.6) is 5.75 Å². The Morgan fingerprint density at radius 1 is 1.09 bits per heavy atom. The van der Waals surface area contributed by atoms with Gasteiger partial charge in [0.15, 0.2) is 0 Å². The average Bonchev–Trinajstić information content (AvgIpc) is 2.55. The standard InChI is InChI=1S/C18H21NO2S/c1-2-21-17-10-6-9-16(11-17)12-19-18(20)14-22-13-15-7-4-3-5-8-15/h3-11H,2,12-14H2,1H3,(H,19,20). The molecule has 1 N–H and O–H groups in total. The molecule has 0 aliphatic rings. The number of carbonyl (C=O) groups is 1. The number of nitrogens with one attached hydrogen (secondary N) is 1. The molecule has 0 atom stereocenters. The molecule has 1 amide bonds. The highest BCUT2D eigenvalue weighted by molar-refractivity contribution is 7.99. The molecule has 116 valence electrons. The zero-order valence-corrected chi connectivity index (χ0v) is 13.6. The fraction of sp³-hybridized carbons (Fsp3) is 0.278. The van der Waals surface area contributed by atoms with Crippen molar-refractivity contribution in [1.82, 2.24) is 5.32 Å². The molecule has 3 nitrogen and oxygen atoms in total. The van der Waals surface area contributed by atoms with Gasteiger partial charge in [0.25, 0.3) is 0 Å². The van der Waals surface area contributed by atoms with Crippen LogP contribution in [0.1, 0.15) is 18.1 Å². The zero-order chi connectivity index (χ0) is 15.6. The molecule has 2 aromatic carbocycles. The minimum Gasteiger partial charge on any atom is -0.494 e. The molecule has 0 aromatic heterocycles. The Hall–Kier alpha value is -1.94. The largest absolute Gasteiger partial charge is 0.494 e. The van der Waals surface area contributed by atoms with E-state index in [1.54, 1.807) is 11.8 Å². The highest BCUT2D eigenvalue weighted by Crippen LogP contribution is 2.14. The molecule has 0 fully saturated rings. The summed E-state index contributed by atoms with van der Waals surface area (Å²) in [5, 5.41) is 2.94. The monoisotopic (exact) mass is 315 g/mol. The first-order valence-electron chi connectivity index (χ1n) is 7.38. The van der Waals surface area contributed by atoms with E-state index >= 15 is 0 Å². The van der Waals surface area contributed by atoms with E-state index in [2.05, 4.69) is 17.4 Å². The van der Waals surface area contributed by atoms with Gasteiger partial charge in [-0.15, -0.1) is 11.8 Å². The molecule has 0 bridgehead atoms. The van der Waals surface area contributed by atoms with Gasteiger partial charge in [0.2, 0.25) is 5.91 Å². The topological polar surface area (TPSA) is 38.3 Å². The SMILES string of the molecule is CCOc1cccc(CNC(=O)CSCc2ccccc2)c1. The Kier molecular flexibility index (Phi) is 6.84. The second-order valence-electron chi connectivity index (χ2n) is 4.84. The highest BCUT2D eigenvalue weighted by Gasteiger charge is 2.03. The van der Waals surface area contributed by atoms with Crippen LogP contribution in [0.3, 0.4) is 0 Å². The molecule has 0 heterocycles. The number of carbonyl (C=O) groups excluding carboxylic acids is 1. The lowest BCUT2D eigenvalue weighted by atomic mass is 10.2. The van der Waals surface area contributed by atoms with Crippen molar-refractivity contribution < 1.29 is 9.53 Å². The zero-order valence-electron chi connectivity index (χ0n) is 12.7. The molecule has 0 saturated heterocycles. The van der Waals surface area contributed by atoms with Gasteiger partial charge >= 0.3 is 0 Å². The third kappa shape index (κ3) is 5.82. The third-order valence-electron chi connectivity index (χ3n) is 3.04. The number of benzene rings is 2. The predicted octanol–water partition coefficient (Wildman–Crippen LogP) is 3.63. The summed E-state index contributed by atoms with van der Waals surface area (Å²) in [5.41, 5.74) is 2.29. The van der Waals surface area contributed by atoms with Crippen LogP contribution in [0.4, 0.5) is 0 Å². The summed E-state index contributed by atoms with van der Waals surface area (Å²) in [4.78, 5) is 11.9. The molecular formula is C18H21NO2S. The van der Waals surface area contributed by atoms with E-state index in [9.17, 15) is 4.79 Å². The molecule has 22 heavy (non-hydrogen) atoms. The van der Waals surface area contributed by atoms with Gasteiger partial charge in [-0.2, -0.15) is 0 Å². The van der Waals surface area contributed by atoms with Crippen molar-refractivity contribution in [2.24, 2.45) is 0 Å². The lowest BCUT2D eigenvalue weighted by molar-refractivity contribution is -0.118. The van der Waals surface area contributed by atoms with Gasteiger partial charge in [-0.3, -0.25) is 4.79 Å². The molecule has 0 radical (unpaired) electrons. The molecule has 0 unspecified atom stereocenters.